The van der Waals surface area contributed by atoms with E-state index in [1.165, 1.54) is 39.5 Å². The Kier molecular flexibility index (Phi) is 10.1. The van der Waals surface area contributed by atoms with Gasteiger partial charge in [0.25, 0.3) is 0 Å². The fourth-order valence-corrected chi connectivity index (χ4v) is 2.51. The van der Waals surface area contributed by atoms with Gasteiger partial charge in [-0.3, -0.25) is 0 Å². The van der Waals surface area contributed by atoms with Crippen LogP contribution in [0.15, 0.2) is 0 Å². The zero-order chi connectivity index (χ0) is 14.7. The summed E-state index contributed by atoms with van der Waals surface area (Å²) in [5.41, 5.74) is 0. The average molecular weight is 276 g/mol. The number of halogens is 2. The third-order valence-corrected chi connectivity index (χ3v) is 3.53. The highest BCUT2D eigenvalue weighted by Gasteiger charge is 2.27. The Labute approximate surface area is 117 Å². The number of rotatable bonds is 7. The molecule has 0 N–H and O–H groups in total. The van der Waals surface area contributed by atoms with Gasteiger partial charge in [-0.15, -0.1) is 0 Å². The van der Waals surface area contributed by atoms with E-state index in [9.17, 15) is 13.6 Å². The Bertz CT molecular complexity index is 229. The molecular formula is C16H30F2O. The van der Waals surface area contributed by atoms with Gasteiger partial charge in [-0.2, -0.15) is 0 Å². The summed E-state index contributed by atoms with van der Waals surface area (Å²) in [7, 11) is 0. The van der Waals surface area contributed by atoms with Gasteiger partial charge in [-0.1, -0.05) is 45.4 Å². The molecule has 1 saturated carbocycles. The van der Waals surface area contributed by atoms with Crippen molar-refractivity contribution in [2.24, 2.45) is 5.92 Å². The van der Waals surface area contributed by atoms with E-state index < -0.39 is 5.92 Å². The number of hydrogen-bond acceptors (Lipinski definition) is 1. The quantitative estimate of drug-likeness (QED) is 0.577. The molecule has 0 atom stereocenters. The second-order valence-corrected chi connectivity index (χ2v) is 5.91. The molecule has 0 bridgehead atoms. The summed E-state index contributed by atoms with van der Waals surface area (Å²) in [4.78, 5) is 9.44. The lowest BCUT2D eigenvalue weighted by atomic mass is 9.97. The van der Waals surface area contributed by atoms with E-state index in [2.05, 4.69) is 0 Å². The van der Waals surface area contributed by atoms with Crippen LogP contribution >= 0.6 is 0 Å². The lowest BCUT2D eigenvalue weighted by molar-refractivity contribution is -0.115. The minimum absolute atomic E-state index is 0.0914. The van der Waals surface area contributed by atoms with E-state index in [0.717, 1.165) is 25.2 Å². The third kappa shape index (κ3) is 12.3. The smallest absolute Gasteiger partial charge is 0.248 e. The molecule has 114 valence electrons. The fraction of sp³-hybridized carbons (Fsp3) is 0.938. The Balaban J connectivity index is 0.000000711. The topological polar surface area (TPSA) is 17.1 Å². The van der Waals surface area contributed by atoms with E-state index >= 15 is 0 Å². The molecule has 1 aliphatic carbocycles. The van der Waals surface area contributed by atoms with Crippen LogP contribution in [0.5, 0.6) is 0 Å². The molecule has 0 radical (unpaired) electrons. The minimum Gasteiger partial charge on any atom is -0.300 e. The van der Waals surface area contributed by atoms with Crippen LogP contribution in [0.4, 0.5) is 8.78 Å². The predicted octanol–water partition coefficient (Wildman–Crippen LogP) is 5.77. The molecule has 1 aliphatic rings. The first kappa shape index (κ1) is 18.5. The average Bonchev–Trinajstić information content (AvgIpc) is 2.78. The van der Waals surface area contributed by atoms with Crippen molar-refractivity contribution in [1.82, 2.24) is 0 Å². The molecular weight excluding hydrogens is 246 g/mol. The molecule has 1 fully saturated rings. The lowest BCUT2D eigenvalue weighted by Crippen LogP contribution is -2.15. The molecule has 19 heavy (non-hydrogen) atoms. The maximum atomic E-state index is 13.3. The molecule has 0 amide bonds. The van der Waals surface area contributed by atoms with Crippen LogP contribution in [0.25, 0.3) is 0 Å². The number of ketones is 1. The van der Waals surface area contributed by atoms with Crippen LogP contribution in [0, 0.1) is 5.92 Å². The van der Waals surface area contributed by atoms with Crippen molar-refractivity contribution in [2.45, 2.75) is 90.9 Å². The summed E-state index contributed by atoms with van der Waals surface area (Å²) in [5, 5.41) is 0. The third-order valence-electron chi connectivity index (χ3n) is 3.53. The molecule has 0 saturated heterocycles. The van der Waals surface area contributed by atoms with Crippen molar-refractivity contribution >= 4 is 5.78 Å². The van der Waals surface area contributed by atoms with Gasteiger partial charge in [0.2, 0.25) is 5.92 Å². The van der Waals surface area contributed by atoms with Crippen molar-refractivity contribution in [2.75, 3.05) is 0 Å². The van der Waals surface area contributed by atoms with Crippen molar-refractivity contribution in [3.05, 3.63) is 0 Å². The molecule has 1 rings (SSSR count). The van der Waals surface area contributed by atoms with Crippen LogP contribution < -0.4 is 0 Å². The standard InChI is InChI=1S/C13H24F2.C3H6O/c1-2-3-10-13(14,15)11-6-9-12-7-4-5-8-12;1-3(2)4/h12H,2-11H2,1H3;1-2H3. The number of Topliss-reactive ketones (excluding diaryl/α,β-unsaturated/α-hetero) is 1. The normalized spacial score (nSPS) is 16.1. The summed E-state index contributed by atoms with van der Waals surface area (Å²) in [6, 6.07) is 0. The van der Waals surface area contributed by atoms with E-state index in [1.54, 1.807) is 0 Å². The molecule has 0 aromatic rings. The van der Waals surface area contributed by atoms with Gasteiger partial charge in [0.1, 0.15) is 5.78 Å². The summed E-state index contributed by atoms with van der Waals surface area (Å²) >= 11 is 0. The van der Waals surface area contributed by atoms with Crippen LogP contribution in [-0.4, -0.2) is 11.7 Å². The first-order chi connectivity index (χ1) is 8.87. The fourth-order valence-electron chi connectivity index (χ4n) is 2.51. The Hall–Kier alpha value is -0.470. The molecule has 0 aromatic carbocycles. The summed E-state index contributed by atoms with van der Waals surface area (Å²) in [5.74, 6) is -1.47. The molecule has 0 heterocycles. The van der Waals surface area contributed by atoms with Gasteiger partial charge in [0.15, 0.2) is 0 Å². The van der Waals surface area contributed by atoms with Gasteiger partial charge < -0.3 is 4.79 Å². The number of hydrogen-bond donors (Lipinski definition) is 0. The number of alkyl halides is 2. The highest BCUT2D eigenvalue weighted by atomic mass is 19.3. The second kappa shape index (κ2) is 10.3. The van der Waals surface area contributed by atoms with E-state index in [4.69, 9.17) is 0 Å². The Morgan fingerprint density at radius 3 is 2.05 bits per heavy atom. The first-order valence-corrected chi connectivity index (χ1v) is 7.72. The van der Waals surface area contributed by atoms with Gasteiger partial charge in [-0.05, 0) is 32.6 Å². The highest BCUT2D eigenvalue weighted by Crippen LogP contribution is 2.32. The Morgan fingerprint density at radius 1 is 1.11 bits per heavy atom. The molecule has 0 spiro atoms. The number of unbranched alkanes of at least 4 members (excludes halogenated alkanes) is 1. The SMILES string of the molecule is CC(C)=O.CCCCC(F)(F)CCCC1CCCC1. The number of carbonyl (C=O) groups is 1. The zero-order valence-electron chi connectivity index (χ0n) is 12.8. The Morgan fingerprint density at radius 2 is 1.58 bits per heavy atom. The highest BCUT2D eigenvalue weighted by molar-refractivity contribution is 5.72. The van der Waals surface area contributed by atoms with Crippen molar-refractivity contribution in [3.63, 3.8) is 0 Å². The van der Waals surface area contributed by atoms with Crippen LogP contribution in [-0.2, 0) is 4.79 Å². The first-order valence-electron chi connectivity index (χ1n) is 7.72. The van der Waals surface area contributed by atoms with Gasteiger partial charge >= 0.3 is 0 Å². The summed E-state index contributed by atoms with van der Waals surface area (Å²) in [6.45, 7) is 5.02. The monoisotopic (exact) mass is 276 g/mol. The van der Waals surface area contributed by atoms with Crippen LogP contribution in [0.3, 0.4) is 0 Å². The van der Waals surface area contributed by atoms with E-state index in [1.807, 2.05) is 6.92 Å². The van der Waals surface area contributed by atoms with Crippen molar-refractivity contribution in [3.8, 4) is 0 Å². The summed E-state index contributed by atoms with van der Waals surface area (Å²) in [6.07, 6.45) is 8.68. The minimum atomic E-state index is -2.39. The van der Waals surface area contributed by atoms with E-state index in [0.29, 0.717) is 6.42 Å². The van der Waals surface area contributed by atoms with Crippen LogP contribution in [0.1, 0.15) is 85.0 Å². The maximum absolute atomic E-state index is 13.3. The molecule has 0 unspecified atom stereocenters. The predicted molar refractivity (Wildman–Crippen MR) is 76.6 cm³/mol. The van der Waals surface area contributed by atoms with Crippen LogP contribution in [0.2, 0.25) is 0 Å². The molecule has 0 aromatic heterocycles. The lowest BCUT2D eigenvalue weighted by Gasteiger charge is -2.16. The maximum Gasteiger partial charge on any atom is 0.248 e. The van der Waals surface area contributed by atoms with Gasteiger partial charge in [0.05, 0.1) is 0 Å². The van der Waals surface area contributed by atoms with Gasteiger partial charge in [0, 0.05) is 12.8 Å². The molecule has 1 nitrogen and oxygen atoms in total. The number of carbonyl (C=O) groups excluding carboxylic acids is 1. The molecule has 0 aliphatic heterocycles. The molecule has 3 heteroatoms. The van der Waals surface area contributed by atoms with E-state index in [-0.39, 0.29) is 18.6 Å². The van der Waals surface area contributed by atoms with Gasteiger partial charge in [-0.25, -0.2) is 8.78 Å². The van der Waals surface area contributed by atoms with Crippen molar-refractivity contribution < 1.29 is 13.6 Å². The second-order valence-electron chi connectivity index (χ2n) is 5.91. The summed E-state index contributed by atoms with van der Waals surface area (Å²) < 4.78 is 26.6. The zero-order valence-corrected chi connectivity index (χ0v) is 12.8. The van der Waals surface area contributed by atoms with Crippen molar-refractivity contribution in [1.29, 1.82) is 0 Å². The largest absolute Gasteiger partial charge is 0.300 e.